The fourth-order valence-electron chi connectivity index (χ4n) is 2.27. The average Bonchev–Trinajstić information content (AvgIpc) is 2.46. The number of rotatable bonds is 4. The van der Waals surface area contributed by atoms with E-state index in [9.17, 15) is 18.5 Å². The highest BCUT2D eigenvalue weighted by Gasteiger charge is 2.36. The Balaban J connectivity index is 2.40. The Hall–Kier alpha value is -1.55. The van der Waals surface area contributed by atoms with Gasteiger partial charge in [-0.1, -0.05) is 12.1 Å². The van der Waals surface area contributed by atoms with Gasteiger partial charge < -0.3 is 9.84 Å². The molecule has 9 heteroatoms. The Kier molecular flexibility index (Phi) is 4.57. The number of morpholine rings is 1. The first-order valence-electron chi connectivity index (χ1n) is 6.36. The molecule has 0 saturated carbocycles. The lowest BCUT2D eigenvalue weighted by molar-refractivity contribution is -0.387. The van der Waals surface area contributed by atoms with Crippen LogP contribution < -0.4 is 0 Å². The van der Waals surface area contributed by atoms with Gasteiger partial charge in [-0.25, -0.2) is 8.42 Å². The molecule has 0 amide bonds. The molecular weight excluding hydrogens is 300 g/mol. The molecule has 1 fully saturated rings. The Labute approximate surface area is 122 Å². The first-order chi connectivity index (χ1) is 9.86. The highest BCUT2D eigenvalue weighted by atomic mass is 32.2. The molecule has 1 aromatic rings. The normalized spacial score (nSPS) is 23.9. The second-order valence-corrected chi connectivity index (χ2v) is 6.70. The summed E-state index contributed by atoms with van der Waals surface area (Å²) < 4.78 is 31.7. The maximum absolute atomic E-state index is 12.6. The molecule has 21 heavy (non-hydrogen) atoms. The summed E-state index contributed by atoms with van der Waals surface area (Å²) in [6.45, 7) is 1.43. The van der Waals surface area contributed by atoms with Crippen LogP contribution in [-0.4, -0.2) is 54.7 Å². The van der Waals surface area contributed by atoms with Crippen LogP contribution in [0.5, 0.6) is 0 Å². The van der Waals surface area contributed by atoms with Crippen molar-refractivity contribution in [1.29, 1.82) is 0 Å². The van der Waals surface area contributed by atoms with Crippen molar-refractivity contribution in [3.05, 3.63) is 34.4 Å². The minimum atomic E-state index is -4.01. The first kappa shape index (κ1) is 15.8. The van der Waals surface area contributed by atoms with Crippen molar-refractivity contribution in [2.45, 2.75) is 24.0 Å². The second-order valence-electron chi connectivity index (χ2n) is 4.80. The van der Waals surface area contributed by atoms with E-state index in [1.54, 1.807) is 6.92 Å². The highest BCUT2D eigenvalue weighted by molar-refractivity contribution is 7.89. The SMILES string of the molecule is CC1CN(S(=O)(=O)c2ccccc2[N+](=O)[O-])CC(CO)O1. The molecule has 2 atom stereocenters. The molecule has 8 nitrogen and oxygen atoms in total. The lowest BCUT2D eigenvalue weighted by atomic mass is 10.2. The van der Waals surface area contributed by atoms with Crippen LogP contribution >= 0.6 is 0 Å². The summed E-state index contributed by atoms with van der Waals surface area (Å²) in [5, 5.41) is 20.1. The van der Waals surface area contributed by atoms with Gasteiger partial charge in [0.15, 0.2) is 4.90 Å². The number of nitro groups is 1. The largest absolute Gasteiger partial charge is 0.394 e. The van der Waals surface area contributed by atoms with Crippen LogP contribution in [0.2, 0.25) is 0 Å². The summed E-state index contributed by atoms with van der Waals surface area (Å²) in [6.07, 6.45) is -1.03. The predicted octanol–water partition coefficient (Wildman–Crippen LogP) is 0.365. The van der Waals surface area contributed by atoms with Gasteiger partial charge in [-0.15, -0.1) is 0 Å². The van der Waals surface area contributed by atoms with E-state index >= 15 is 0 Å². The fourth-order valence-corrected chi connectivity index (χ4v) is 3.97. The summed E-state index contributed by atoms with van der Waals surface area (Å²) >= 11 is 0. The Morgan fingerprint density at radius 2 is 2.10 bits per heavy atom. The standard InChI is InChI=1S/C12H16N2O6S/c1-9-6-13(7-10(8-15)20-9)21(18,19)12-5-3-2-4-11(12)14(16)17/h2-5,9-10,15H,6-8H2,1H3. The third kappa shape index (κ3) is 3.21. The zero-order valence-electron chi connectivity index (χ0n) is 11.4. The molecule has 0 bridgehead atoms. The fraction of sp³-hybridized carbons (Fsp3) is 0.500. The van der Waals surface area contributed by atoms with Gasteiger partial charge in [0, 0.05) is 19.2 Å². The van der Waals surface area contributed by atoms with E-state index < -0.39 is 32.8 Å². The summed E-state index contributed by atoms with van der Waals surface area (Å²) in [5.41, 5.74) is -0.461. The first-order valence-corrected chi connectivity index (χ1v) is 7.80. The lowest BCUT2D eigenvalue weighted by Crippen LogP contribution is -2.50. The summed E-state index contributed by atoms with van der Waals surface area (Å²) in [7, 11) is -4.01. The predicted molar refractivity (Wildman–Crippen MR) is 73.3 cm³/mol. The van der Waals surface area contributed by atoms with Gasteiger partial charge in [0.1, 0.15) is 0 Å². The van der Waals surface area contributed by atoms with Crippen molar-refractivity contribution in [1.82, 2.24) is 4.31 Å². The molecule has 1 aromatic carbocycles. The number of ether oxygens (including phenoxy) is 1. The monoisotopic (exact) mass is 316 g/mol. The van der Waals surface area contributed by atoms with Crippen LogP contribution in [-0.2, 0) is 14.8 Å². The van der Waals surface area contributed by atoms with Crippen molar-refractivity contribution < 1.29 is 23.2 Å². The molecule has 1 aliphatic heterocycles. The van der Waals surface area contributed by atoms with Gasteiger partial charge >= 0.3 is 0 Å². The zero-order chi connectivity index (χ0) is 15.6. The van der Waals surface area contributed by atoms with Crippen LogP contribution in [0.3, 0.4) is 0 Å². The Bertz CT molecular complexity index is 632. The van der Waals surface area contributed by atoms with E-state index in [0.29, 0.717) is 0 Å². The zero-order valence-corrected chi connectivity index (χ0v) is 12.2. The average molecular weight is 316 g/mol. The minimum Gasteiger partial charge on any atom is -0.394 e. The molecule has 1 aliphatic rings. The third-order valence-electron chi connectivity index (χ3n) is 3.18. The Morgan fingerprint density at radius 1 is 1.43 bits per heavy atom. The van der Waals surface area contributed by atoms with Crippen molar-refractivity contribution in [3.8, 4) is 0 Å². The number of hydrogen-bond acceptors (Lipinski definition) is 6. The Morgan fingerprint density at radius 3 is 2.71 bits per heavy atom. The van der Waals surface area contributed by atoms with Crippen molar-refractivity contribution in [2.24, 2.45) is 0 Å². The molecule has 0 aromatic heterocycles. The van der Waals surface area contributed by atoms with E-state index in [1.165, 1.54) is 18.2 Å². The number of nitrogens with zero attached hydrogens (tertiary/aromatic N) is 2. The molecule has 116 valence electrons. The molecule has 0 radical (unpaired) electrons. The topological polar surface area (TPSA) is 110 Å². The van der Waals surface area contributed by atoms with E-state index in [-0.39, 0.29) is 24.6 Å². The van der Waals surface area contributed by atoms with Gasteiger partial charge in [0.2, 0.25) is 10.0 Å². The lowest BCUT2D eigenvalue weighted by Gasteiger charge is -2.35. The molecule has 2 rings (SSSR count). The van der Waals surface area contributed by atoms with E-state index in [0.717, 1.165) is 10.4 Å². The maximum atomic E-state index is 12.6. The van der Waals surface area contributed by atoms with Crippen LogP contribution in [0, 0.1) is 10.1 Å². The summed E-state index contributed by atoms with van der Waals surface area (Å²) in [5.74, 6) is 0. The second kappa shape index (κ2) is 6.06. The smallest absolute Gasteiger partial charge is 0.289 e. The molecule has 1 N–H and O–H groups in total. The van der Waals surface area contributed by atoms with E-state index in [2.05, 4.69) is 0 Å². The number of aliphatic hydroxyl groups excluding tert-OH is 1. The minimum absolute atomic E-state index is 0.0325. The molecule has 1 saturated heterocycles. The molecular formula is C12H16N2O6S. The van der Waals surface area contributed by atoms with Gasteiger partial charge in [0.25, 0.3) is 5.69 Å². The van der Waals surface area contributed by atoms with Gasteiger partial charge in [-0.2, -0.15) is 4.31 Å². The summed E-state index contributed by atoms with van der Waals surface area (Å²) in [6, 6.07) is 5.21. The quantitative estimate of drug-likeness (QED) is 0.634. The molecule has 2 unspecified atom stereocenters. The van der Waals surface area contributed by atoms with Crippen molar-refractivity contribution in [3.63, 3.8) is 0 Å². The number of benzene rings is 1. The van der Waals surface area contributed by atoms with Crippen LogP contribution in [0.15, 0.2) is 29.2 Å². The number of aliphatic hydroxyl groups is 1. The van der Waals surface area contributed by atoms with E-state index in [1.807, 2.05) is 0 Å². The molecule has 1 heterocycles. The maximum Gasteiger partial charge on any atom is 0.289 e. The third-order valence-corrected chi connectivity index (χ3v) is 5.06. The molecule has 0 spiro atoms. The number of hydrogen-bond donors (Lipinski definition) is 1. The van der Waals surface area contributed by atoms with Crippen molar-refractivity contribution in [2.75, 3.05) is 19.7 Å². The van der Waals surface area contributed by atoms with Gasteiger partial charge in [-0.3, -0.25) is 10.1 Å². The van der Waals surface area contributed by atoms with Crippen LogP contribution in [0.4, 0.5) is 5.69 Å². The highest BCUT2D eigenvalue weighted by Crippen LogP contribution is 2.28. The van der Waals surface area contributed by atoms with Gasteiger partial charge in [-0.05, 0) is 13.0 Å². The summed E-state index contributed by atoms with van der Waals surface area (Å²) in [4.78, 5) is 9.93. The van der Waals surface area contributed by atoms with Crippen LogP contribution in [0.25, 0.3) is 0 Å². The number of para-hydroxylation sites is 1. The van der Waals surface area contributed by atoms with Gasteiger partial charge in [0.05, 0.1) is 23.7 Å². The van der Waals surface area contributed by atoms with Crippen LogP contribution in [0.1, 0.15) is 6.92 Å². The number of nitro benzene ring substituents is 1. The van der Waals surface area contributed by atoms with E-state index in [4.69, 9.17) is 9.84 Å². The molecule has 0 aliphatic carbocycles. The van der Waals surface area contributed by atoms with Crippen molar-refractivity contribution >= 4 is 15.7 Å². The number of sulfonamides is 1.